The predicted molar refractivity (Wildman–Crippen MR) is 134 cm³/mol. The Morgan fingerprint density at radius 3 is 2.77 bits per heavy atom. The highest BCUT2D eigenvalue weighted by molar-refractivity contribution is 5.95. The molecule has 0 saturated carbocycles. The largest absolute Gasteiger partial charge is 0.383 e. The molecule has 1 saturated heterocycles. The van der Waals surface area contributed by atoms with Crippen LogP contribution in [0.3, 0.4) is 0 Å². The number of fused-ring (bicyclic) bond motifs is 1. The molecule has 0 atom stereocenters. The van der Waals surface area contributed by atoms with Gasteiger partial charge in [-0.3, -0.25) is 9.78 Å². The van der Waals surface area contributed by atoms with Crippen molar-refractivity contribution in [1.82, 2.24) is 19.9 Å². The molecule has 0 bridgehead atoms. The second-order valence-corrected chi connectivity index (χ2v) is 8.69. The zero-order valence-electron chi connectivity index (χ0n) is 20.2. The van der Waals surface area contributed by atoms with E-state index in [1.165, 1.54) is 0 Å². The number of carbonyl (C=O) groups is 1. The Labute approximate surface area is 205 Å². The molecule has 2 aromatic heterocycles. The summed E-state index contributed by atoms with van der Waals surface area (Å²) >= 11 is 0. The quantitative estimate of drug-likeness (QED) is 0.517. The molecule has 0 aliphatic carbocycles. The summed E-state index contributed by atoms with van der Waals surface area (Å²) in [5, 5.41) is 0. The molecule has 35 heavy (non-hydrogen) atoms. The molecule has 182 valence electrons. The van der Waals surface area contributed by atoms with Crippen molar-refractivity contribution in [2.24, 2.45) is 0 Å². The number of hydrogen-bond donors (Lipinski definition) is 0. The molecule has 1 fully saturated rings. The SMILES string of the molecule is COCCN(C)C(=O)c1cccc(-c2nc(N3CCOCC3)nc3c2CCN3c2cccnc2)c1. The number of hydrogen-bond acceptors (Lipinski definition) is 8. The number of methoxy groups -OCH3 is 1. The molecule has 5 rings (SSSR count). The van der Waals surface area contributed by atoms with Crippen LogP contribution in [0.25, 0.3) is 11.3 Å². The van der Waals surface area contributed by atoms with Gasteiger partial charge in [-0.2, -0.15) is 4.98 Å². The van der Waals surface area contributed by atoms with E-state index in [0.29, 0.717) is 37.9 Å². The van der Waals surface area contributed by atoms with E-state index in [4.69, 9.17) is 19.4 Å². The van der Waals surface area contributed by atoms with Gasteiger partial charge in [0.25, 0.3) is 5.91 Å². The molecule has 1 amide bonds. The Bertz CT molecular complexity index is 1180. The van der Waals surface area contributed by atoms with Crippen LogP contribution in [0.4, 0.5) is 17.5 Å². The van der Waals surface area contributed by atoms with E-state index in [1.54, 1.807) is 25.3 Å². The maximum atomic E-state index is 13.0. The van der Waals surface area contributed by atoms with Gasteiger partial charge < -0.3 is 24.2 Å². The Morgan fingerprint density at radius 2 is 2.00 bits per heavy atom. The predicted octanol–water partition coefficient (Wildman–Crippen LogP) is 2.79. The number of anilines is 3. The number of nitrogens with zero attached hydrogens (tertiary/aromatic N) is 6. The van der Waals surface area contributed by atoms with Gasteiger partial charge in [-0.15, -0.1) is 0 Å². The topological polar surface area (TPSA) is 83.9 Å². The van der Waals surface area contributed by atoms with Crippen molar-refractivity contribution in [2.75, 3.05) is 70.0 Å². The van der Waals surface area contributed by atoms with Crippen LogP contribution in [-0.4, -0.2) is 85.9 Å². The minimum atomic E-state index is -0.0417. The molecule has 0 spiro atoms. The van der Waals surface area contributed by atoms with Crippen LogP contribution in [0.1, 0.15) is 15.9 Å². The highest BCUT2D eigenvalue weighted by Gasteiger charge is 2.29. The van der Waals surface area contributed by atoms with Crippen molar-refractivity contribution < 1.29 is 14.3 Å². The molecular weight excluding hydrogens is 444 g/mol. The smallest absolute Gasteiger partial charge is 0.253 e. The summed E-state index contributed by atoms with van der Waals surface area (Å²) in [5.41, 5.74) is 4.51. The molecule has 1 aromatic carbocycles. The molecule has 4 heterocycles. The maximum absolute atomic E-state index is 13.0. The number of morpholine rings is 1. The van der Waals surface area contributed by atoms with Crippen LogP contribution >= 0.6 is 0 Å². The van der Waals surface area contributed by atoms with Crippen molar-refractivity contribution in [3.8, 4) is 11.3 Å². The number of rotatable bonds is 7. The lowest BCUT2D eigenvalue weighted by Crippen LogP contribution is -2.37. The fraction of sp³-hybridized carbons (Fsp3) is 0.385. The van der Waals surface area contributed by atoms with E-state index in [-0.39, 0.29) is 5.91 Å². The minimum absolute atomic E-state index is 0.0417. The lowest BCUT2D eigenvalue weighted by atomic mass is 10.0. The van der Waals surface area contributed by atoms with Crippen LogP contribution in [-0.2, 0) is 15.9 Å². The monoisotopic (exact) mass is 474 g/mol. The lowest BCUT2D eigenvalue weighted by Gasteiger charge is -2.28. The van der Waals surface area contributed by atoms with Gasteiger partial charge in [0, 0.05) is 63.2 Å². The summed E-state index contributed by atoms with van der Waals surface area (Å²) < 4.78 is 10.7. The van der Waals surface area contributed by atoms with Gasteiger partial charge in [-0.25, -0.2) is 4.98 Å². The standard InChI is InChI=1S/C26H30N6O3/c1-30(11-14-34-2)25(33)20-6-3-5-19(17-20)23-22-8-10-32(21-7-4-9-27-18-21)24(22)29-26(28-23)31-12-15-35-16-13-31/h3-7,9,17-18H,8,10-16H2,1-2H3. The summed E-state index contributed by atoms with van der Waals surface area (Å²) in [7, 11) is 3.42. The number of ether oxygens (including phenoxy) is 2. The van der Waals surface area contributed by atoms with Crippen molar-refractivity contribution in [3.63, 3.8) is 0 Å². The molecule has 9 nitrogen and oxygen atoms in total. The van der Waals surface area contributed by atoms with Crippen molar-refractivity contribution in [1.29, 1.82) is 0 Å². The normalized spacial score (nSPS) is 15.3. The van der Waals surface area contributed by atoms with Crippen molar-refractivity contribution in [2.45, 2.75) is 6.42 Å². The third kappa shape index (κ3) is 4.82. The summed E-state index contributed by atoms with van der Waals surface area (Å²) in [6, 6.07) is 11.7. The average Bonchev–Trinajstić information content (AvgIpc) is 3.36. The van der Waals surface area contributed by atoms with Crippen LogP contribution < -0.4 is 9.80 Å². The first-order valence-corrected chi connectivity index (χ1v) is 11.9. The van der Waals surface area contributed by atoms with Crippen LogP contribution in [0.15, 0.2) is 48.8 Å². The molecule has 2 aliphatic heterocycles. The Balaban J connectivity index is 1.56. The first-order valence-electron chi connectivity index (χ1n) is 11.9. The van der Waals surface area contributed by atoms with E-state index in [0.717, 1.165) is 54.4 Å². The maximum Gasteiger partial charge on any atom is 0.253 e. The van der Waals surface area contributed by atoms with Gasteiger partial charge >= 0.3 is 0 Å². The second-order valence-electron chi connectivity index (χ2n) is 8.69. The number of aromatic nitrogens is 3. The summed E-state index contributed by atoms with van der Waals surface area (Å²) in [5.74, 6) is 1.55. The summed E-state index contributed by atoms with van der Waals surface area (Å²) in [6.45, 7) is 4.62. The molecule has 0 unspecified atom stereocenters. The second kappa shape index (κ2) is 10.4. The van der Waals surface area contributed by atoms with Gasteiger partial charge in [0.1, 0.15) is 5.82 Å². The minimum Gasteiger partial charge on any atom is -0.383 e. The van der Waals surface area contributed by atoms with E-state index in [2.05, 4.69) is 14.8 Å². The zero-order chi connectivity index (χ0) is 24.2. The average molecular weight is 475 g/mol. The van der Waals surface area contributed by atoms with Gasteiger partial charge in [0.05, 0.1) is 37.4 Å². The lowest BCUT2D eigenvalue weighted by molar-refractivity contribution is 0.0744. The molecule has 9 heteroatoms. The number of carbonyl (C=O) groups excluding carboxylic acids is 1. The van der Waals surface area contributed by atoms with E-state index >= 15 is 0 Å². The van der Waals surface area contributed by atoms with Crippen molar-refractivity contribution >= 4 is 23.4 Å². The third-order valence-corrected chi connectivity index (χ3v) is 6.43. The molecule has 2 aliphatic rings. The van der Waals surface area contributed by atoms with Gasteiger partial charge in [-0.1, -0.05) is 12.1 Å². The molecule has 0 N–H and O–H groups in total. The first-order chi connectivity index (χ1) is 17.2. The molecule has 3 aromatic rings. The Morgan fingerprint density at radius 1 is 1.14 bits per heavy atom. The third-order valence-electron chi connectivity index (χ3n) is 6.43. The summed E-state index contributed by atoms with van der Waals surface area (Å²) in [6.07, 6.45) is 4.45. The van der Waals surface area contributed by atoms with E-state index in [1.807, 2.05) is 42.6 Å². The number of benzene rings is 1. The van der Waals surface area contributed by atoms with Crippen LogP contribution in [0.5, 0.6) is 0 Å². The first kappa shape index (κ1) is 23.2. The Hall–Kier alpha value is -3.56. The Kier molecular flexibility index (Phi) is 6.87. The fourth-order valence-corrected chi connectivity index (χ4v) is 4.50. The van der Waals surface area contributed by atoms with Crippen LogP contribution in [0.2, 0.25) is 0 Å². The zero-order valence-corrected chi connectivity index (χ0v) is 20.2. The van der Waals surface area contributed by atoms with Gasteiger partial charge in [0.15, 0.2) is 0 Å². The number of likely N-dealkylation sites (N-methyl/N-ethyl adjacent to an activating group) is 1. The van der Waals surface area contributed by atoms with Gasteiger partial charge in [0.2, 0.25) is 5.95 Å². The van der Waals surface area contributed by atoms with Gasteiger partial charge in [-0.05, 0) is 30.7 Å². The van der Waals surface area contributed by atoms with E-state index in [9.17, 15) is 4.79 Å². The highest BCUT2D eigenvalue weighted by atomic mass is 16.5. The molecule has 0 radical (unpaired) electrons. The highest BCUT2D eigenvalue weighted by Crippen LogP contribution is 2.39. The van der Waals surface area contributed by atoms with Crippen molar-refractivity contribution in [3.05, 3.63) is 59.9 Å². The number of amides is 1. The van der Waals surface area contributed by atoms with Crippen LogP contribution in [0, 0.1) is 0 Å². The number of pyridine rings is 1. The fourth-order valence-electron chi connectivity index (χ4n) is 4.50. The van der Waals surface area contributed by atoms with E-state index < -0.39 is 0 Å². The summed E-state index contributed by atoms with van der Waals surface area (Å²) in [4.78, 5) is 33.4. The molecular formula is C26H30N6O3.